The van der Waals surface area contributed by atoms with Crippen LogP contribution in [0.4, 0.5) is 5.82 Å². The van der Waals surface area contributed by atoms with Crippen LogP contribution in [0.3, 0.4) is 0 Å². The number of nitrogens with one attached hydrogen (secondary N) is 1. The Morgan fingerprint density at radius 3 is 2.68 bits per heavy atom. The van der Waals surface area contributed by atoms with Crippen molar-refractivity contribution in [1.29, 1.82) is 0 Å². The molecule has 19 heavy (non-hydrogen) atoms. The monoisotopic (exact) mass is 265 g/mol. The summed E-state index contributed by atoms with van der Waals surface area (Å²) in [5, 5.41) is 3.45. The third-order valence-electron chi connectivity index (χ3n) is 4.53. The van der Waals surface area contributed by atoms with Gasteiger partial charge in [-0.2, -0.15) is 0 Å². The zero-order valence-electron chi connectivity index (χ0n) is 12.4. The molecule has 1 saturated carbocycles. The molecule has 0 saturated heterocycles. The summed E-state index contributed by atoms with van der Waals surface area (Å²) in [5.74, 6) is 1.40. The summed E-state index contributed by atoms with van der Waals surface area (Å²) in [4.78, 5) is 8.30. The Kier molecular flexibility index (Phi) is 3.67. The summed E-state index contributed by atoms with van der Waals surface area (Å²) in [6.07, 6.45) is 2.49. The molecule has 2 unspecified atom stereocenters. The summed E-state index contributed by atoms with van der Waals surface area (Å²) >= 11 is 0. The number of rotatable bonds is 5. The minimum Gasteiger partial charge on any atom is -0.478 e. The van der Waals surface area contributed by atoms with Crippen molar-refractivity contribution in [2.24, 2.45) is 5.41 Å². The van der Waals surface area contributed by atoms with E-state index >= 15 is 0 Å². The van der Waals surface area contributed by atoms with E-state index in [1.54, 1.807) is 7.11 Å². The van der Waals surface area contributed by atoms with Crippen molar-refractivity contribution in [3.05, 3.63) is 12.4 Å². The first-order chi connectivity index (χ1) is 8.93. The van der Waals surface area contributed by atoms with Crippen LogP contribution in [0.25, 0.3) is 0 Å². The van der Waals surface area contributed by atoms with E-state index in [0.29, 0.717) is 18.5 Å². The Labute approximate surface area is 114 Å². The molecule has 1 heterocycles. The van der Waals surface area contributed by atoms with Crippen molar-refractivity contribution in [3.63, 3.8) is 0 Å². The van der Waals surface area contributed by atoms with Crippen LogP contribution in [0.15, 0.2) is 12.4 Å². The summed E-state index contributed by atoms with van der Waals surface area (Å²) in [6.45, 7) is 9.11. The SMILES string of the molecule is CCOc1cc(NC2CC(C)(OC)C2(C)C)ncn1. The second kappa shape index (κ2) is 4.96. The van der Waals surface area contributed by atoms with Gasteiger partial charge in [-0.05, 0) is 20.3 Å². The van der Waals surface area contributed by atoms with Crippen molar-refractivity contribution in [2.45, 2.75) is 45.8 Å². The molecule has 5 nitrogen and oxygen atoms in total. The van der Waals surface area contributed by atoms with Gasteiger partial charge in [0.1, 0.15) is 12.1 Å². The van der Waals surface area contributed by atoms with Gasteiger partial charge >= 0.3 is 0 Å². The molecule has 1 aliphatic carbocycles. The molecular formula is C14H23N3O2. The first-order valence-corrected chi connectivity index (χ1v) is 6.69. The standard InChI is InChI=1S/C14H23N3O2/c1-6-19-12-7-11(15-9-16-12)17-10-8-14(4,18-5)13(10,2)3/h7,9-10H,6,8H2,1-5H3,(H,15,16,17). The molecule has 0 bridgehead atoms. The normalized spacial score (nSPS) is 28.6. The number of methoxy groups -OCH3 is 1. The maximum absolute atomic E-state index is 5.62. The van der Waals surface area contributed by atoms with Gasteiger partial charge in [0.05, 0.1) is 12.2 Å². The van der Waals surface area contributed by atoms with Crippen molar-refractivity contribution in [2.75, 3.05) is 19.0 Å². The Morgan fingerprint density at radius 1 is 1.37 bits per heavy atom. The van der Waals surface area contributed by atoms with Crippen molar-refractivity contribution >= 4 is 5.82 Å². The second-order valence-corrected chi connectivity index (χ2v) is 5.73. The van der Waals surface area contributed by atoms with E-state index in [1.165, 1.54) is 6.33 Å². The second-order valence-electron chi connectivity index (χ2n) is 5.73. The Hall–Kier alpha value is -1.36. The Balaban J connectivity index is 2.05. The van der Waals surface area contributed by atoms with E-state index in [9.17, 15) is 0 Å². The van der Waals surface area contributed by atoms with Gasteiger partial charge in [-0.3, -0.25) is 0 Å². The smallest absolute Gasteiger partial charge is 0.218 e. The predicted octanol–water partition coefficient (Wildman–Crippen LogP) is 2.49. The van der Waals surface area contributed by atoms with Gasteiger partial charge in [-0.15, -0.1) is 0 Å². The summed E-state index contributed by atoms with van der Waals surface area (Å²) in [6, 6.07) is 2.17. The third kappa shape index (κ3) is 2.39. The molecule has 2 rings (SSSR count). The van der Waals surface area contributed by atoms with Crippen LogP contribution in [-0.2, 0) is 4.74 Å². The predicted molar refractivity (Wildman–Crippen MR) is 74.4 cm³/mol. The van der Waals surface area contributed by atoms with Crippen molar-refractivity contribution in [1.82, 2.24) is 9.97 Å². The topological polar surface area (TPSA) is 56.3 Å². The molecule has 0 spiro atoms. The van der Waals surface area contributed by atoms with Crippen LogP contribution in [0.2, 0.25) is 0 Å². The number of hydrogen-bond acceptors (Lipinski definition) is 5. The fourth-order valence-electron chi connectivity index (χ4n) is 2.55. The summed E-state index contributed by atoms with van der Waals surface area (Å²) in [7, 11) is 1.77. The van der Waals surface area contributed by atoms with E-state index in [4.69, 9.17) is 9.47 Å². The van der Waals surface area contributed by atoms with Crippen LogP contribution < -0.4 is 10.1 Å². The summed E-state index contributed by atoms with van der Waals surface area (Å²) < 4.78 is 11.0. The van der Waals surface area contributed by atoms with E-state index in [1.807, 2.05) is 13.0 Å². The van der Waals surface area contributed by atoms with Gasteiger partial charge in [-0.25, -0.2) is 9.97 Å². The van der Waals surface area contributed by atoms with Crippen LogP contribution in [0, 0.1) is 5.41 Å². The van der Waals surface area contributed by atoms with Gasteiger partial charge in [0.15, 0.2) is 0 Å². The van der Waals surface area contributed by atoms with Crippen LogP contribution in [-0.4, -0.2) is 35.3 Å². The number of ether oxygens (including phenoxy) is 2. The van der Waals surface area contributed by atoms with E-state index in [2.05, 4.69) is 36.1 Å². The molecule has 106 valence electrons. The zero-order chi connectivity index (χ0) is 14.1. The molecule has 0 amide bonds. The average Bonchev–Trinajstić information content (AvgIpc) is 2.39. The molecule has 1 fully saturated rings. The fourth-order valence-corrected chi connectivity index (χ4v) is 2.55. The van der Waals surface area contributed by atoms with Gasteiger partial charge in [0, 0.05) is 24.6 Å². The highest BCUT2D eigenvalue weighted by atomic mass is 16.5. The minimum absolute atomic E-state index is 0.0540. The lowest BCUT2D eigenvalue weighted by atomic mass is 9.56. The van der Waals surface area contributed by atoms with Gasteiger partial charge in [0.2, 0.25) is 5.88 Å². The minimum atomic E-state index is -0.0829. The van der Waals surface area contributed by atoms with Crippen molar-refractivity contribution in [3.8, 4) is 5.88 Å². The van der Waals surface area contributed by atoms with Crippen LogP contribution >= 0.6 is 0 Å². The lowest BCUT2D eigenvalue weighted by Gasteiger charge is -2.59. The zero-order valence-corrected chi connectivity index (χ0v) is 12.4. The Bertz CT molecular complexity index is 450. The number of anilines is 1. The van der Waals surface area contributed by atoms with Crippen molar-refractivity contribution < 1.29 is 9.47 Å². The average molecular weight is 265 g/mol. The largest absolute Gasteiger partial charge is 0.478 e. The summed E-state index contributed by atoms with van der Waals surface area (Å²) in [5.41, 5.74) is -0.0288. The number of hydrogen-bond donors (Lipinski definition) is 1. The third-order valence-corrected chi connectivity index (χ3v) is 4.53. The maximum Gasteiger partial charge on any atom is 0.218 e. The molecule has 1 aliphatic rings. The first-order valence-electron chi connectivity index (χ1n) is 6.69. The van der Waals surface area contributed by atoms with Gasteiger partial charge < -0.3 is 14.8 Å². The highest BCUT2D eigenvalue weighted by molar-refractivity contribution is 5.40. The maximum atomic E-state index is 5.62. The molecule has 1 aromatic rings. The van der Waals surface area contributed by atoms with E-state index < -0.39 is 0 Å². The van der Waals surface area contributed by atoms with Gasteiger partial charge in [0.25, 0.3) is 0 Å². The highest BCUT2D eigenvalue weighted by Crippen LogP contribution is 2.52. The highest BCUT2D eigenvalue weighted by Gasteiger charge is 2.57. The lowest BCUT2D eigenvalue weighted by molar-refractivity contribution is -0.166. The molecule has 5 heteroatoms. The molecular weight excluding hydrogens is 242 g/mol. The number of aromatic nitrogens is 2. The fraction of sp³-hybridized carbons (Fsp3) is 0.714. The molecule has 0 aliphatic heterocycles. The first kappa shape index (κ1) is 14.1. The molecule has 1 N–H and O–H groups in total. The molecule has 0 radical (unpaired) electrons. The van der Waals surface area contributed by atoms with E-state index in [0.717, 1.165) is 12.2 Å². The number of nitrogens with zero attached hydrogens (tertiary/aromatic N) is 2. The Morgan fingerprint density at radius 2 is 2.11 bits per heavy atom. The molecule has 2 atom stereocenters. The molecule has 1 aromatic heterocycles. The quantitative estimate of drug-likeness (QED) is 0.886. The molecule has 0 aromatic carbocycles. The van der Waals surface area contributed by atoms with E-state index in [-0.39, 0.29) is 11.0 Å². The van der Waals surface area contributed by atoms with Crippen LogP contribution in [0.5, 0.6) is 5.88 Å². The lowest BCUT2D eigenvalue weighted by Crippen LogP contribution is -2.65. The van der Waals surface area contributed by atoms with Gasteiger partial charge in [-0.1, -0.05) is 13.8 Å². The van der Waals surface area contributed by atoms with Crippen LogP contribution in [0.1, 0.15) is 34.1 Å².